The van der Waals surface area contributed by atoms with Crippen molar-refractivity contribution in [2.75, 3.05) is 19.3 Å². The molecule has 0 bridgehead atoms. The van der Waals surface area contributed by atoms with Gasteiger partial charge in [0.25, 0.3) is 0 Å². The van der Waals surface area contributed by atoms with Crippen LogP contribution in [0, 0.1) is 10.1 Å². The van der Waals surface area contributed by atoms with Gasteiger partial charge < -0.3 is 4.74 Å². The molecule has 0 aromatic heterocycles. The molecule has 0 aliphatic carbocycles. The molecule has 2 aromatic rings. The van der Waals surface area contributed by atoms with Crippen LogP contribution in [0.3, 0.4) is 0 Å². The van der Waals surface area contributed by atoms with Gasteiger partial charge in [0, 0.05) is 25.4 Å². The first kappa shape index (κ1) is 21.8. The maximum Gasteiger partial charge on any atom is 0.312 e. The van der Waals surface area contributed by atoms with E-state index in [1.165, 1.54) is 40.7 Å². The summed E-state index contributed by atoms with van der Waals surface area (Å²) in [5.41, 5.74) is -0.544. The third-order valence-corrected chi connectivity index (χ3v) is 7.09. The summed E-state index contributed by atoms with van der Waals surface area (Å²) >= 11 is 0. The SMILES string of the molecule is CCN(CC)S(=O)(=O)c1ccc(Oc2cccc(S(C)(=O)=O)c2)c([N+](=O)[O-])c1. The van der Waals surface area contributed by atoms with Crippen LogP contribution in [0.5, 0.6) is 11.5 Å². The van der Waals surface area contributed by atoms with Gasteiger partial charge >= 0.3 is 5.69 Å². The van der Waals surface area contributed by atoms with E-state index in [2.05, 4.69) is 0 Å². The van der Waals surface area contributed by atoms with Crippen LogP contribution in [0.4, 0.5) is 5.69 Å². The monoisotopic (exact) mass is 428 g/mol. The van der Waals surface area contributed by atoms with Crippen LogP contribution < -0.4 is 4.74 Å². The fourth-order valence-corrected chi connectivity index (χ4v) is 4.63. The van der Waals surface area contributed by atoms with Gasteiger partial charge in [0.05, 0.1) is 14.7 Å². The van der Waals surface area contributed by atoms with Crippen LogP contribution in [0.2, 0.25) is 0 Å². The average molecular weight is 428 g/mol. The van der Waals surface area contributed by atoms with Crippen molar-refractivity contribution in [2.45, 2.75) is 23.6 Å². The minimum atomic E-state index is -3.88. The highest BCUT2D eigenvalue weighted by Gasteiger charge is 2.26. The Hall–Kier alpha value is -2.50. The van der Waals surface area contributed by atoms with Crippen molar-refractivity contribution < 1.29 is 26.5 Å². The molecule has 0 radical (unpaired) electrons. The molecule has 0 fully saturated rings. The van der Waals surface area contributed by atoms with E-state index in [-0.39, 0.29) is 34.4 Å². The van der Waals surface area contributed by atoms with Gasteiger partial charge in [-0.3, -0.25) is 10.1 Å². The largest absolute Gasteiger partial charge is 0.450 e. The zero-order valence-corrected chi connectivity index (χ0v) is 17.2. The Labute approximate surface area is 163 Å². The summed E-state index contributed by atoms with van der Waals surface area (Å²) in [6.45, 7) is 3.79. The van der Waals surface area contributed by atoms with Gasteiger partial charge in [0.2, 0.25) is 15.8 Å². The topological polar surface area (TPSA) is 124 Å². The molecule has 0 aliphatic heterocycles. The number of benzene rings is 2. The molecule has 0 amide bonds. The van der Waals surface area contributed by atoms with Crippen LogP contribution in [0.15, 0.2) is 52.3 Å². The molecule has 0 spiro atoms. The van der Waals surface area contributed by atoms with Gasteiger partial charge in [-0.15, -0.1) is 0 Å². The second-order valence-electron chi connectivity index (χ2n) is 5.83. The summed E-state index contributed by atoms with van der Waals surface area (Å²) in [5, 5.41) is 11.4. The van der Waals surface area contributed by atoms with Crippen molar-refractivity contribution in [2.24, 2.45) is 0 Å². The molecular formula is C17H20N2O7S2. The van der Waals surface area contributed by atoms with E-state index in [4.69, 9.17) is 4.74 Å². The maximum absolute atomic E-state index is 12.6. The standard InChI is InChI=1S/C17H20N2O7S2/c1-4-18(5-2)28(24,25)15-9-10-17(16(12-15)19(20)21)26-13-7-6-8-14(11-13)27(3,22)23/h6-12H,4-5H2,1-3H3. The molecule has 0 aliphatic rings. The molecule has 2 rings (SSSR count). The molecule has 0 unspecified atom stereocenters. The number of hydrogen-bond donors (Lipinski definition) is 0. The van der Waals surface area contributed by atoms with Crippen molar-refractivity contribution in [3.63, 3.8) is 0 Å². The van der Waals surface area contributed by atoms with E-state index in [0.29, 0.717) is 0 Å². The second-order valence-corrected chi connectivity index (χ2v) is 9.78. The Balaban J connectivity index is 2.49. The molecule has 0 saturated heterocycles. The number of rotatable bonds is 8. The number of nitro groups is 1. The lowest BCUT2D eigenvalue weighted by molar-refractivity contribution is -0.385. The number of sulfone groups is 1. The van der Waals surface area contributed by atoms with Crippen LogP contribution in [-0.2, 0) is 19.9 Å². The Morgan fingerprint density at radius 2 is 1.64 bits per heavy atom. The fraction of sp³-hybridized carbons (Fsp3) is 0.294. The predicted octanol–water partition coefficient (Wildman–Crippen LogP) is 2.82. The Bertz CT molecular complexity index is 1090. The van der Waals surface area contributed by atoms with Crippen LogP contribution >= 0.6 is 0 Å². The fourth-order valence-electron chi connectivity index (χ4n) is 2.49. The summed E-state index contributed by atoms with van der Waals surface area (Å²) in [5.74, 6) is -0.125. The number of nitrogens with zero attached hydrogens (tertiary/aromatic N) is 2. The van der Waals surface area contributed by atoms with Crippen LogP contribution in [0.25, 0.3) is 0 Å². The molecule has 9 nitrogen and oxygen atoms in total. The van der Waals surface area contributed by atoms with E-state index >= 15 is 0 Å². The Kier molecular flexibility index (Phi) is 6.42. The number of hydrogen-bond acceptors (Lipinski definition) is 7. The Morgan fingerprint density at radius 3 is 2.18 bits per heavy atom. The van der Waals surface area contributed by atoms with E-state index in [0.717, 1.165) is 12.3 Å². The molecule has 0 heterocycles. The lowest BCUT2D eigenvalue weighted by atomic mass is 10.3. The van der Waals surface area contributed by atoms with Crippen LogP contribution in [0.1, 0.15) is 13.8 Å². The van der Waals surface area contributed by atoms with Crippen molar-refractivity contribution in [3.8, 4) is 11.5 Å². The predicted molar refractivity (Wildman–Crippen MR) is 103 cm³/mol. The normalized spacial score (nSPS) is 12.1. The highest BCUT2D eigenvalue weighted by molar-refractivity contribution is 7.90. The van der Waals surface area contributed by atoms with E-state index in [1.54, 1.807) is 13.8 Å². The zero-order valence-electron chi connectivity index (χ0n) is 15.5. The van der Waals surface area contributed by atoms with Crippen molar-refractivity contribution in [3.05, 3.63) is 52.6 Å². The first-order chi connectivity index (χ1) is 13.0. The van der Waals surface area contributed by atoms with Crippen LogP contribution in [-0.4, -0.2) is 45.4 Å². The molecule has 0 N–H and O–H groups in total. The smallest absolute Gasteiger partial charge is 0.312 e. The molecule has 0 atom stereocenters. The lowest BCUT2D eigenvalue weighted by Gasteiger charge is -2.18. The molecule has 0 saturated carbocycles. The summed E-state index contributed by atoms with van der Waals surface area (Å²) < 4.78 is 55.1. The van der Waals surface area contributed by atoms with Crippen molar-refractivity contribution in [1.82, 2.24) is 4.31 Å². The number of sulfonamides is 1. The highest BCUT2D eigenvalue weighted by atomic mass is 32.2. The highest BCUT2D eigenvalue weighted by Crippen LogP contribution is 2.34. The first-order valence-electron chi connectivity index (χ1n) is 8.27. The quantitative estimate of drug-likeness (QED) is 0.468. The van der Waals surface area contributed by atoms with E-state index in [1.807, 2.05) is 0 Å². The van der Waals surface area contributed by atoms with Gasteiger partial charge in [-0.05, 0) is 30.3 Å². The van der Waals surface area contributed by atoms with E-state index < -0.39 is 30.5 Å². The number of nitro benzene ring substituents is 1. The lowest BCUT2D eigenvalue weighted by Crippen LogP contribution is -2.30. The first-order valence-corrected chi connectivity index (χ1v) is 11.6. The minimum Gasteiger partial charge on any atom is -0.450 e. The second kappa shape index (κ2) is 8.25. The van der Waals surface area contributed by atoms with Gasteiger partial charge in [-0.1, -0.05) is 19.9 Å². The summed E-state index contributed by atoms with van der Waals surface area (Å²) in [7, 11) is -7.36. The summed E-state index contributed by atoms with van der Waals surface area (Å²) in [6.07, 6.45) is 1.03. The zero-order chi connectivity index (χ0) is 21.1. The van der Waals surface area contributed by atoms with E-state index in [9.17, 15) is 26.9 Å². The Morgan fingerprint density at radius 1 is 1.00 bits per heavy atom. The molecule has 11 heteroatoms. The minimum absolute atomic E-state index is 0.00613. The molecular weight excluding hydrogens is 408 g/mol. The van der Waals surface area contributed by atoms with Crippen molar-refractivity contribution >= 4 is 25.5 Å². The molecule has 152 valence electrons. The number of ether oxygens (including phenoxy) is 1. The van der Waals surface area contributed by atoms with Gasteiger partial charge in [0.15, 0.2) is 9.84 Å². The average Bonchev–Trinajstić information content (AvgIpc) is 2.62. The maximum atomic E-state index is 12.6. The third kappa shape index (κ3) is 4.66. The molecule has 2 aromatic carbocycles. The van der Waals surface area contributed by atoms with Crippen molar-refractivity contribution in [1.29, 1.82) is 0 Å². The van der Waals surface area contributed by atoms with Gasteiger partial charge in [0.1, 0.15) is 5.75 Å². The summed E-state index contributed by atoms with van der Waals surface area (Å²) in [6, 6.07) is 8.83. The van der Waals surface area contributed by atoms with Gasteiger partial charge in [-0.25, -0.2) is 16.8 Å². The molecule has 28 heavy (non-hydrogen) atoms. The third-order valence-electron chi connectivity index (χ3n) is 3.93. The summed E-state index contributed by atoms with van der Waals surface area (Å²) in [4.78, 5) is 10.5. The van der Waals surface area contributed by atoms with Gasteiger partial charge in [-0.2, -0.15) is 4.31 Å².